The Morgan fingerprint density at radius 2 is 2.12 bits per heavy atom. The van der Waals surface area contributed by atoms with E-state index < -0.39 is 0 Å². The van der Waals surface area contributed by atoms with Crippen molar-refractivity contribution in [1.29, 1.82) is 0 Å². The molecule has 0 saturated heterocycles. The van der Waals surface area contributed by atoms with Crippen molar-refractivity contribution in [3.8, 4) is 17.4 Å². The van der Waals surface area contributed by atoms with Crippen LogP contribution in [0.1, 0.15) is 11.6 Å². The van der Waals surface area contributed by atoms with Gasteiger partial charge < -0.3 is 8.98 Å². The Morgan fingerprint density at radius 3 is 2.88 bits per heavy atom. The first-order valence-corrected chi connectivity index (χ1v) is 9.64. The molecule has 0 aliphatic carbocycles. The Bertz CT molecular complexity index is 961. The Morgan fingerprint density at radius 1 is 1.15 bits per heavy atom. The fraction of sp³-hybridized carbons (Fsp3) is 0.222. The van der Waals surface area contributed by atoms with Gasteiger partial charge in [0.1, 0.15) is 5.76 Å². The maximum Gasteiger partial charge on any atom is 0.200 e. The third-order valence-electron chi connectivity index (χ3n) is 3.83. The van der Waals surface area contributed by atoms with Crippen LogP contribution in [0.25, 0.3) is 17.4 Å². The lowest BCUT2D eigenvalue weighted by molar-refractivity contribution is 0.500. The second-order valence-corrected chi connectivity index (χ2v) is 6.68. The van der Waals surface area contributed by atoms with Gasteiger partial charge in [0.15, 0.2) is 17.4 Å². The Labute approximate surface area is 155 Å². The predicted octanol–water partition coefficient (Wildman–Crippen LogP) is 3.07. The third kappa shape index (κ3) is 3.55. The summed E-state index contributed by atoms with van der Waals surface area (Å²) >= 11 is 1.77. The van der Waals surface area contributed by atoms with Crippen LogP contribution >= 0.6 is 11.8 Å². The molecule has 7 nitrogen and oxygen atoms in total. The fourth-order valence-corrected chi connectivity index (χ4v) is 2.98. The molecular formula is C18H18N6OS. The monoisotopic (exact) mass is 366 g/mol. The molecule has 8 heteroatoms. The quantitative estimate of drug-likeness (QED) is 0.500. The van der Waals surface area contributed by atoms with Gasteiger partial charge in [-0.25, -0.2) is 15.0 Å². The normalized spacial score (nSPS) is 11.1. The summed E-state index contributed by atoms with van der Waals surface area (Å²) in [5.41, 5.74) is 0. The van der Waals surface area contributed by atoms with Crippen LogP contribution in [-0.4, -0.2) is 41.3 Å². The van der Waals surface area contributed by atoms with Crippen molar-refractivity contribution < 1.29 is 4.42 Å². The standard InChI is InChI=1S/C18H18N6OS/c1-26-11-7-16-21-18(24(22-16)17-4-2-3-8-20-17)15-6-5-14(25-15)12-23-10-9-19-13-23/h2-6,8-10,13H,7,11-12H2,1H3. The van der Waals surface area contributed by atoms with Crippen LogP contribution in [0, 0.1) is 0 Å². The first-order chi connectivity index (χ1) is 12.8. The van der Waals surface area contributed by atoms with Crippen LogP contribution in [-0.2, 0) is 13.0 Å². The maximum absolute atomic E-state index is 6.02. The largest absolute Gasteiger partial charge is 0.456 e. The van der Waals surface area contributed by atoms with Gasteiger partial charge in [0.25, 0.3) is 0 Å². The summed E-state index contributed by atoms with van der Waals surface area (Å²) in [6, 6.07) is 9.60. The number of thioether (sulfide) groups is 1. The van der Waals surface area contributed by atoms with Crippen LogP contribution in [0.15, 0.2) is 59.7 Å². The Hall–Kier alpha value is -2.87. The van der Waals surface area contributed by atoms with Crippen molar-refractivity contribution in [3.05, 3.63) is 66.8 Å². The van der Waals surface area contributed by atoms with E-state index in [1.807, 2.05) is 41.1 Å². The SMILES string of the molecule is CSCCc1nc(-c2ccc(Cn3ccnc3)o2)n(-c2ccccn2)n1. The molecule has 0 aliphatic rings. The molecular weight excluding hydrogens is 348 g/mol. The van der Waals surface area contributed by atoms with Crippen LogP contribution in [0.3, 0.4) is 0 Å². The van der Waals surface area contributed by atoms with Crippen molar-refractivity contribution in [2.45, 2.75) is 13.0 Å². The van der Waals surface area contributed by atoms with Crippen LogP contribution in [0.4, 0.5) is 0 Å². The average Bonchev–Trinajstić information content (AvgIpc) is 3.42. The second kappa shape index (κ2) is 7.57. The van der Waals surface area contributed by atoms with Crippen molar-refractivity contribution in [3.63, 3.8) is 0 Å². The van der Waals surface area contributed by atoms with E-state index >= 15 is 0 Å². The smallest absolute Gasteiger partial charge is 0.200 e. The number of rotatable bonds is 7. The fourth-order valence-electron chi connectivity index (χ4n) is 2.60. The molecule has 0 saturated carbocycles. The van der Waals surface area contributed by atoms with Gasteiger partial charge in [-0.2, -0.15) is 16.4 Å². The lowest BCUT2D eigenvalue weighted by atomic mass is 10.4. The zero-order chi connectivity index (χ0) is 17.8. The number of aryl methyl sites for hydroxylation is 1. The van der Waals surface area contributed by atoms with E-state index in [2.05, 4.69) is 21.3 Å². The molecule has 0 aromatic carbocycles. The average molecular weight is 366 g/mol. The van der Waals surface area contributed by atoms with E-state index in [1.165, 1.54) is 0 Å². The number of hydrogen-bond acceptors (Lipinski definition) is 6. The van der Waals surface area contributed by atoms with Gasteiger partial charge in [-0.3, -0.25) is 0 Å². The van der Waals surface area contributed by atoms with E-state index in [4.69, 9.17) is 9.40 Å². The number of pyridine rings is 1. The number of imidazole rings is 1. The molecule has 4 heterocycles. The van der Waals surface area contributed by atoms with Gasteiger partial charge in [-0.05, 0) is 30.5 Å². The number of furan rings is 1. The highest BCUT2D eigenvalue weighted by atomic mass is 32.2. The van der Waals surface area contributed by atoms with Gasteiger partial charge in [0.2, 0.25) is 5.82 Å². The van der Waals surface area contributed by atoms with E-state index in [1.54, 1.807) is 35.2 Å². The molecule has 0 fully saturated rings. The number of nitrogens with zero attached hydrogens (tertiary/aromatic N) is 6. The molecule has 26 heavy (non-hydrogen) atoms. The lowest BCUT2D eigenvalue weighted by Gasteiger charge is -2.02. The molecule has 4 rings (SSSR count). The molecule has 0 atom stereocenters. The summed E-state index contributed by atoms with van der Waals surface area (Å²) in [6.45, 7) is 0.622. The predicted molar refractivity (Wildman–Crippen MR) is 100 cm³/mol. The molecule has 0 N–H and O–H groups in total. The molecule has 0 aliphatic heterocycles. The number of aromatic nitrogens is 6. The highest BCUT2D eigenvalue weighted by Gasteiger charge is 2.17. The van der Waals surface area contributed by atoms with E-state index in [0.29, 0.717) is 18.1 Å². The molecule has 4 aromatic rings. The summed E-state index contributed by atoms with van der Waals surface area (Å²) in [5.74, 6) is 4.64. The minimum atomic E-state index is 0.622. The van der Waals surface area contributed by atoms with Crippen LogP contribution in [0.2, 0.25) is 0 Å². The summed E-state index contributed by atoms with van der Waals surface area (Å²) in [7, 11) is 0. The molecule has 0 spiro atoms. The van der Waals surface area contributed by atoms with Crippen molar-refractivity contribution in [2.75, 3.05) is 12.0 Å². The van der Waals surface area contributed by atoms with Crippen molar-refractivity contribution >= 4 is 11.8 Å². The van der Waals surface area contributed by atoms with Crippen LogP contribution < -0.4 is 0 Å². The summed E-state index contributed by atoms with van der Waals surface area (Å²) in [5, 5.41) is 4.63. The van der Waals surface area contributed by atoms with Crippen LogP contribution in [0.5, 0.6) is 0 Å². The first kappa shape index (κ1) is 16.6. The molecule has 0 amide bonds. The van der Waals surface area contributed by atoms with Gasteiger partial charge in [0.05, 0.1) is 12.9 Å². The van der Waals surface area contributed by atoms with Gasteiger partial charge in [-0.1, -0.05) is 6.07 Å². The van der Waals surface area contributed by atoms with E-state index in [-0.39, 0.29) is 0 Å². The topological polar surface area (TPSA) is 74.6 Å². The zero-order valence-electron chi connectivity index (χ0n) is 14.3. The van der Waals surface area contributed by atoms with E-state index in [0.717, 1.165) is 29.6 Å². The van der Waals surface area contributed by atoms with Crippen molar-refractivity contribution in [2.24, 2.45) is 0 Å². The minimum Gasteiger partial charge on any atom is -0.456 e. The Kier molecular flexibility index (Phi) is 4.83. The first-order valence-electron chi connectivity index (χ1n) is 8.24. The summed E-state index contributed by atoms with van der Waals surface area (Å²) in [6.07, 6.45) is 10.0. The molecule has 0 bridgehead atoms. The highest BCUT2D eigenvalue weighted by molar-refractivity contribution is 7.98. The molecule has 4 aromatic heterocycles. The zero-order valence-corrected chi connectivity index (χ0v) is 15.1. The molecule has 0 unspecified atom stereocenters. The van der Waals surface area contributed by atoms with E-state index in [9.17, 15) is 0 Å². The summed E-state index contributed by atoms with van der Waals surface area (Å²) in [4.78, 5) is 13.1. The highest BCUT2D eigenvalue weighted by Crippen LogP contribution is 2.23. The lowest BCUT2D eigenvalue weighted by Crippen LogP contribution is -2.02. The van der Waals surface area contributed by atoms with Crippen molar-refractivity contribution in [1.82, 2.24) is 29.3 Å². The summed E-state index contributed by atoms with van der Waals surface area (Å²) < 4.78 is 9.72. The third-order valence-corrected chi connectivity index (χ3v) is 4.44. The molecule has 0 radical (unpaired) electrons. The van der Waals surface area contributed by atoms with Gasteiger partial charge in [0, 0.05) is 30.8 Å². The van der Waals surface area contributed by atoms with Gasteiger partial charge >= 0.3 is 0 Å². The maximum atomic E-state index is 6.02. The minimum absolute atomic E-state index is 0.622. The molecule has 132 valence electrons. The van der Waals surface area contributed by atoms with Gasteiger partial charge in [-0.15, -0.1) is 5.10 Å². The number of hydrogen-bond donors (Lipinski definition) is 0. The second-order valence-electron chi connectivity index (χ2n) is 5.70. The Balaban J connectivity index is 1.68.